The first-order valence-electron chi connectivity index (χ1n) is 7.53. The number of benzene rings is 2. The van der Waals surface area contributed by atoms with Crippen molar-refractivity contribution in [3.8, 4) is 5.75 Å². The highest BCUT2D eigenvalue weighted by molar-refractivity contribution is 6.33. The SMILES string of the molecule is COc1ccc(CCO)cc1C(C)Nc1ccc(C(=O)O)cc1Cl. The van der Waals surface area contributed by atoms with Gasteiger partial charge in [0.2, 0.25) is 0 Å². The quantitative estimate of drug-likeness (QED) is 0.709. The molecule has 0 amide bonds. The Morgan fingerprint density at radius 2 is 2.04 bits per heavy atom. The fourth-order valence-corrected chi connectivity index (χ4v) is 2.72. The predicted octanol–water partition coefficient (Wildman–Crippen LogP) is 3.75. The van der Waals surface area contributed by atoms with Gasteiger partial charge < -0.3 is 20.3 Å². The van der Waals surface area contributed by atoms with Crippen molar-refractivity contribution < 1.29 is 19.7 Å². The van der Waals surface area contributed by atoms with Crippen LogP contribution in [0.3, 0.4) is 0 Å². The lowest BCUT2D eigenvalue weighted by molar-refractivity contribution is 0.0697. The summed E-state index contributed by atoms with van der Waals surface area (Å²) in [4.78, 5) is 11.0. The van der Waals surface area contributed by atoms with Gasteiger partial charge in [-0.1, -0.05) is 17.7 Å². The first-order chi connectivity index (χ1) is 11.5. The Balaban J connectivity index is 2.27. The fraction of sp³-hybridized carbons (Fsp3) is 0.278. The van der Waals surface area contributed by atoms with Gasteiger partial charge >= 0.3 is 5.97 Å². The number of nitrogens with one attached hydrogen (secondary N) is 1. The van der Waals surface area contributed by atoms with E-state index in [1.165, 1.54) is 12.1 Å². The summed E-state index contributed by atoms with van der Waals surface area (Å²) in [5.74, 6) is -0.287. The Morgan fingerprint density at radius 3 is 2.62 bits per heavy atom. The lowest BCUT2D eigenvalue weighted by atomic mass is 10.0. The number of aromatic carboxylic acids is 1. The summed E-state index contributed by atoms with van der Waals surface area (Å²) in [6.45, 7) is 2.04. The highest BCUT2D eigenvalue weighted by atomic mass is 35.5. The third kappa shape index (κ3) is 4.19. The zero-order valence-electron chi connectivity index (χ0n) is 13.5. The number of halogens is 1. The van der Waals surface area contributed by atoms with Crippen LogP contribution in [0.15, 0.2) is 36.4 Å². The molecule has 2 aromatic carbocycles. The van der Waals surface area contributed by atoms with Crippen LogP contribution in [0.2, 0.25) is 5.02 Å². The maximum absolute atomic E-state index is 11.0. The smallest absolute Gasteiger partial charge is 0.335 e. The summed E-state index contributed by atoms with van der Waals surface area (Å²) in [5.41, 5.74) is 2.72. The number of ether oxygens (including phenoxy) is 1. The Hall–Kier alpha value is -2.24. The average molecular weight is 350 g/mol. The molecule has 1 atom stereocenters. The molecule has 0 aliphatic rings. The Labute approximate surface area is 145 Å². The van der Waals surface area contributed by atoms with Gasteiger partial charge in [-0.25, -0.2) is 4.79 Å². The number of methoxy groups -OCH3 is 1. The zero-order chi connectivity index (χ0) is 17.7. The van der Waals surface area contributed by atoms with E-state index in [0.717, 1.165) is 16.9 Å². The molecule has 0 heterocycles. The summed E-state index contributed by atoms with van der Waals surface area (Å²) in [7, 11) is 1.60. The molecule has 6 heteroatoms. The van der Waals surface area contributed by atoms with Crippen LogP contribution in [0.25, 0.3) is 0 Å². The van der Waals surface area contributed by atoms with Crippen LogP contribution in [0.4, 0.5) is 5.69 Å². The molecule has 24 heavy (non-hydrogen) atoms. The second-order valence-electron chi connectivity index (χ2n) is 5.42. The second-order valence-corrected chi connectivity index (χ2v) is 5.82. The zero-order valence-corrected chi connectivity index (χ0v) is 14.3. The van der Waals surface area contributed by atoms with Gasteiger partial charge in [0, 0.05) is 12.2 Å². The van der Waals surface area contributed by atoms with Gasteiger partial charge in [-0.05, 0) is 49.2 Å². The molecule has 0 aliphatic carbocycles. The maximum atomic E-state index is 11.0. The molecular formula is C18H20ClNO4. The number of carboxylic acids is 1. The monoisotopic (exact) mass is 349 g/mol. The van der Waals surface area contributed by atoms with Gasteiger partial charge in [0.1, 0.15) is 5.75 Å². The van der Waals surface area contributed by atoms with Crippen LogP contribution in [0, 0.1) is 0 Å². The number of aliphatic hydroxyl groups excluding tert-OH is 1. The summed E-state index contributed by atoms with van der Waals surface area (Å²) >= 11 is 6.17. The molecule has 0 aromatic heterocycles. The lowest BCUT2D eigenvalue weighted by Gasteiger charge is -2.20. The normalized spacial score (nSPS) is 11.8. The number of aliphatic hydroxyl groups is 1. The molecule has 0 bridgehead atoms. The maximum Gasteiger partial charge on any atom is 0.335 e. The number of hydrogen-bond donors (Lipinski definition) is 3. The minimum absolute atomic E-state index is 0.0794. The van der Waals surface area contributed by atoms with Crippen LogP contribution < -0.4 is 10.1 Å². The summed E-state index contributed by atoms with van der Waals surface area (Å²) in [6, 6.07) is 10.2. The molecule has 2 aromatic rings. The molecule has 0 saturated carbocycles. The van der Waals surface area contributed by atoms with E-state index in [2.05, 4.69) is 5.32 Å². The molecule has 3 N–H and O–H groups in total. The van der Waals surface area contributed by atoms with Crippen molar-refractivity contribution in [3.05, 3.63) is 58.1 Å². The van der Waals surface area contributed by atoms with E-state index in [4.69, 9.17) is 26.6 Å². The molecule has 0 fully saturated rings. The number of anilines is 1. The van der Waals surface area contributed by atoms with Crippen LogP contribution in [-0.4, -0.2) is 29.9 Å². The molecule has 0 aliphatic heterocycles. The molecule has 2 rings (SSSR count). The molecule has 0 spiro atoms. The minimum atomic E-state index is -1.02. The average Bonchev–Trinajstić information content (AvgIpc) is 2.56. The van der Waals surface area contributed by atoms with Gasteiger partial charge in [-0.2, -0.15) is 0 Å². The number of carboxylic acid groups (broad SMARTS) is 1. The van der Waals surface area contributed by atoms with Crippen molar-refractivity contribution in [1.82, 2.24) is 0 Å². The van der Waals surface area contributed by atoms with Gasteiger partial charge in [-0.15, -0.1) is 0 Å². The highest BCUT2D eigenvalue weighted by Gasteiger charge is 2.14. The molecule has 0 saturated heterocycles. The van der Waals surface area contributed by atoms with Crippen LogP contribution >= 0.6 is 11.6 Å². The van der Waals surface area contributed by atoms with Crippen LogP contribution in [0.5, 0.6) is 5.75 Å². The molecule has 128 valence electrons. The van der Waals surface area contributed by atoms with Crippen molar-refractivity contribution in [2.75, 3.05) is 19.0 Å². The first kappa shape index (κ1) is 18.1. The largest absolute Gasteiger partial charge is 0.496 e. The van der Waals surface area contributed by atoms with E-state index in [0.29, 0.717) is 17.1 Å². The second kappa shape index (κ2) is 8.04. The van der Waals surface area contributed by atoms with Crippen molar-refractivity contribution in [2.45, 2.75) is 19.4 Å². The van der Waals surface area contributed by atoms with E-state index in [9.17, 15) is 4.79 Å². The van der Waals surface area contributed by atoms with E-state index >= 15 is 0 Å². The molecule has 5 nitrogen and oxygen atoms in total. The van der Waals surface area contributed by atoms with E-state index in [1.54, 1.807) is 13.2 Å². The number of carbonyl (C=O) groups is 1. The van der Waals surface area contributed by atoms with Crippen molar-refractivity contribution in [1.29, 1.82) is 0 Å². The van der Waals surface area contributed by atoms with Crippen molar-refractivity contribution in [3.63, 3.8) is 0 Å². The number of rotatable bonds is 7. The van der Waals surface area contributed by atoms with Crippen molar-refractivity contribution >= 4 is 23.3 Å². The van der Waals surface area contributed by atoms with Crippen molar-refractivity contribution in [2.24, 2.45) is 0 Å². The fourth-order valence-electron chi connectivity index (χ4n) is 2.48. The van der Waals surface area contributed by atoms with Gasteiger partial charge in [-0.3, -0.25) is 0 Å². The van der Waals surface area contributed by atoms with E-state index < -0.39 is 5.97 Å². The first-order valence-corrected chi connectivity index (χ1v) is 7.91. The lowest BCUT2D eigenvalue weighted by Crippen LogP contribution is -2.10. The third-order valence-corrected chi connectivity index (χ3v) is 4.06. The molecular weight excluding hydrogens is 330 g/mol. The van der Waals surface area contributed by atoms with Gasteiger partial charge in [0.15, 0.2) is 0 Å². The summed E-state index contributed by atoms with van der Waals surface area (Å²) in [5, 5.41) is 21.7. The van der Waals surface area contributed by atoms with E-state index in [-0.39, 0.29) is 18.2 Å². The number of hydrogen-bond acceptors (Lipinski definition) is 4. The topological polar surface area (TPSA) is 78.8 Å². The molecule has 0 radical (unpaired) electrons. The summed E-state index contributed by atoms with van der Waals surface area (Å²) in [6.07, 6.45) is 0.567. The molecule has 1 unspecified atom stereocenters. The van der Waals surface area contributed by atoms with Gasteiger partial charge in [0.05, 0.1) is 29.4 Å². The minimum Gasteiger partial charge on any atom is -0.496 e. The Morgan fingerprint density at radius 1 is 1.29 bits per heavy atom. The van der Waals surface area contributed by atoms with E-state index in [1.807, 2.05) is 25.1 Å². The van der Waals surface area contributed by atoms with Crippen LogP contribution in [-0.2, 0) is 6.42 Å². The highest BCUT2D eigenvalue weighted by Crippen LogP contribution is 2.32. The Bertz CT molecular complexity index is 733. The standard InChI is InChI=1S/C18H20ClNO4/c1-11(14-9-12(7-8-21)3-6-17(14)24-2)20-16-5-4-13(18(22)23)10-15(16)19/h3-6,9-11,20-21H,7-8H2,1-2H3,(H,22,23). The third-order valence-electron chi connectivity index (χ3n) is 3.75. The van der Waals surface area contributed by atoms with Crippen LogP contribution in [0.1, 0.15) is 34.5 Å². The summed E-state index contributed by atoms with van der Waals surface area (Å²) < 4.78 is 5.40. The Kier molecular flexibility index (Phi) is 6.06. The van der Waals surface area contributed by atoms with Gasteiger partial charge in [0.25, 0.3) is 0 Å². The predicted molar refractivity (Wildman–Crippen MR) is 94.2 cm³/mol.